The van der Waals surface area contributed by atoms with Crippen LogP contribution in [-0.2, 0) is 9.59 Å². The average molecular weight is 394 g/mol. The fraction of sp³-hybridized carbons (Fsp3) is 0.227. The van der Waals surface area contributed by atoms with Gasteiger partial charge in [-0.1, -0.05) is 68.1 Å². The van der Waals surface area contributed by atoms with E-state index in [2.05, 4.69) is 31.0 Å². The first-order valence-electron chi connectivity index (χ1n) is 9.10. The van der Waals surface area contributed by atoms with Crippen molar-refractivity contribution in [2.24, 2.45) is 4.99 Å². The number of carbonyl (C=O) groups is 2. The molecule has 0 atom stereocenters. The van der Waals surface area contributed by atoms with Crippen LogP contribution in [0.5, 0.6) is 0 Å². The molecule has 0 aliphatic carbocycles. The van der Waals surface area contributed by atoms with E-state index in [0.29, 0.717) is 28.2 Å². The minimum Gasteiger partial charge on any atom is -0.481 e. The summed E-state index contributed by atoms with van der Waals surface area (Å²) in [6.07, 6.45) is 1.78. The third kappa shape index (κ3) is 4.70. The van der Waals surface area contributed by atoms with Gasteiger partial charge in [0.15, 0.2) is 5.17 Å². The number of thioether (sulfide) groups is 1. The van der Waals surface area contributed by atoms with Crippen molar-refractivity contribution in [1.82, 2.24) is 0 Å². The molecule has 0 unspecified atom stereocenters. The predicted molar refractivity (Wildman–Crippen MR) is 115 cm³/mol. The molecule has 0 fully saturated rings. The van der Waals surface area contributed by atoms with E-state index >= 15 is 0 Å². The summed E-state index contributed by atoms with van der Waals surface area (Å²) in [7, 11) is 0. The highest BCUT2D eigenvalue weighted by molar-refractivity contribution is 8.14. The van der Waals surface area contributed by atoms with Gasteiger partial charge in [-0.15, -0.1) is 0 Å². The molecule has 0 spiro atoms. The lowest BCUT2D eigenvalue weighted by Gasteiger charge is -2.17. The minimum atomic E-state index is -0.871. The standard InChI is InChI=1S/C22H22N2O3S/c1-15(2)17-10-8-16(9-11-17)14-19-21(27)24(18-6-4-3-5-7-18)22(23-19)28-13-12-20(25)26/h3-11,14-15H,12-13H2,1-2H3,(H,25,26)/b19-14+. The summed E-state index contributed by atoms with van der Waals surface area (Å²) in [5.41, 5.74) is 3.20. The van der Waals surface area contributed by atoms with Gasteiger partial charge in [0, 0.05) is 5.75 Å². The molecule has 5 nitrogen and oxygen atoms in total. The zero-order valence-corrected chi connectivity index (χ0v) is 16.6. The number of nitrogens with zero attached hydrogens (tertiary/aromatic N) is 2. The molecule has 0 saturated carbocycles. The first-order chi connectivity index (χ1) is 13.5. The molecule has 1 amide bonds. The number of amidine groups is 1. The van der Waals surface area contributed by atoms with Crippen LogP contribution in [-0.4, -0.2) is 27.9 Å². The number of para-hydroxylation sites is 1. The van der Waals surface area contributed by atoms with Gasteiger partial charge >= 0.3 is 5.97 Å². The Bertz CT molecular complexity index is 919. The number of carbonyl (C=O) groups excluding carboxylic acids is 1. The van der Waals surface area contributed by atoms with E-state index in [-0.39, 0.29) is 12.3 Å². The van der Waals surface area contributed by atoms with Gasteiger partial charge in [0.05, 0.1) is 12.1 Å². The van der Waals surface area contributed by atoms with E-state index in [0.717, 1.165) is 5.56 Å². The maximum Gasteiger partial charge on any atom is 0.304 e. The largest absolute Gasteiger partial charge is 0.481 e. The molecular formula is C22H22N2O3S. The summed E-state index contributed by atoms with van der Waals surface area (Å²) >= 11 is 1.27. The molecule has 6 heteroatoms. The lowest BCUT2D eigenvalue weighted by Crippen LogP contribution is -2.30. The van der Waals surface area contributed by atoms with E-state index in [4.69, 9.17) is 5.11 Å². The Kier molecular flexibility index (Phi) is 6.31. The van der Waals surface area contributed by atoms with Crippen LogP contribution in [0.15, 0.2) is 65.3 Å². The third-order valence-corrected chi connectivity index (χ3v) is 5.24. The van der Waals surface area contributed by atoms with E-state index in [9.17, 15) is 9.59 Å². The van der Waals surface area contributed by atoms with Crippen LogP contribution in [0.1, 0.15) is 37.3 Å². The molecule has 1 aliphatic rings. The number of aliphatic imine (C=N–C) groups is 1. The van der Waals surface area contributed by atoms with Crippen molar-refractivity contribution in [3.8, 4) is 0 Å². The highest BCUT2D eigenvalue weighted by Crippen LogP contribution is 2.29. The van der Waals surface area contributed by atoms with Crippen molar-refractivity contribution < 1.29 is 14.7 Å². The molecule has 2 aromatic rings. The second kappa shape index (κ2) is 8.89. The number of anilines is 1. The summed E-state index contributed by atoms with van der Waals surface area (Å²) in [5.74, 6) is -0.290. The van der Waals surface area contributed by atoms with Crippen LogP contribution < -0.4 is 4.90 Å². The molecule has 144 valence electrons. The first-order valence-corrected chi connectivity index (χ1v) is 10.1. The van der Waals surface area contributed by atoms with Crippen LogP contribution in [0.2, 0.25) is 0 Å². The molecule has 0 radical (unpaired) electrons. The zero-order valence-electron chi connectivity index (χ0n) is 15.8. The zero-order chi connectivity index (χ0) is 20.1. The SMILES string of the molecule is CC(C)c1ccc(/C=C2/N=C(SCCC(=O)O)N(c3ccccc3)C2=O)cc1. The quantitative estimate of drug-likeness (QED) is 0.717. The number of rotatable bonds is 6. The molecule has 0 aromatic heterocycles. The molecule has 1 heterocycles. The summed E-state index contributed by atoms with van der Waals surface area (Å²) in [6.45, 7) is 4.27. The molecule has 3 rings (SSSR count). The number of hydrogen-bond donors (Lipinski definition) is 1. The number of hydrogen-bond acceptors (Lipinski definition) is 4. The Morgan fingerprint density at radius 1 is 1.14 bits per heavy atom. The Morgan fingerprint density at radius 3 is 2.43 bits per heavy atom. The number of benzene rings is 2. The smallest absolute Gasteiger partial charge is 0.304 e. The Hall–Kier alpha value is -2.86. The monoisotopic (exact) mass is 394 g/mol. The summed E-state index contributed by atoms with van der Waals surface area (Å²) < 4.78 is 0. The van der Waals surface area contributed by atoms with Crippen LogP contribution in [0.4, 0.5) is 5.69 Å². The maximum absolute atomic E-state index is 13.0. The van der Waals surface area contributed by atoms with Gasteiger partial charge in [0.1, 0.15) is 5.70 Å². The lowest BCUT2D eigenvalue weighted by molar-refractivity contribution is -0.136. The van der Waals surface area contributed by atoms with Crippen molar-refractivity contribution in [1.29, 1.82) is 0 Å². The Morgan fingerprint density at radius 2 is 1.82 bits per heavy atom. The Labute approximate surface area is 168 Å². The molecule has 1 aliphatic heterocycles. The van der Waals surface area contributed by atoms with E-state index < -0.39 is 5.97 Å². The second-order valence-electron chi connectivity index (χ2n) is 6.71. The Balaban J connectivity index is 1.89. The molecule has 2 aromatic carbocycles. The van der Waals surface area contributed by atoms with Gasteiger partial charge in [0.25, 0.3) is 5.91 Å². The predicted octanol–water partition coefficient (Wildman–Crippen LogP) is 4.76. The van der Waals surface area contributed by atoms with E-state index in [1.165, 1.54) is 17.3 Å². The lowest BCUT2D eigenvalue weighted by atomic mass is 10.0. The third-order valence-electron chi connectivity index (χ3n) is 4.30. The van der Waals surface area contributed by atoms with Crippen LogP contribution in [0.3, 0.4) is 0 Å². The van der Waals surface area contributed by atoms with Gasteiger partial charge in [-0.05, 0) is 35.3 Å². The molecule has 28 heavy (non-hydrogen) atoms. The summed E-state index contributed by atoms with van der Waals surface area (Å²) in [6, 6.07) is 17.3. The molecule has 1 N–H and O–H groups in total. The van der Waals surface area contributed by atoms with Crippen LogP contribution in [0.25, 0.3) is 6.08 Å². The van der Waals surface area contributed by atoms with Crippen molar-refractivity contribution in [3.63, 3.8) is 0 Å². The first kappa shape index (κ1) is 19.9. The van der Waals surface area contributed by atoms with Crippen molar-refractivity contribution >= 4 is 40.6 Å². The van der Waals surface area contributed by atoms with Gasteiger partial charge in [-0.3, -0.25) is 14.5 Å². The van der Waals surface area contributed by atoms with Crippen molar-refractivity contribution in [2.45, 2.75) is 26.2 Å². The van der Waals surface area contributed by atoms with Gasteiger partial charge in [-0.2, -0.15) is 0 Å². The topological polar surface area (TPSA) is 70.0 Å². The molecule has 0 saturated heterocycles. The highest BCUT2D eigenvalue weighted by Gasteiger charge is 2.31. The average Bonchev–Trinajstić information content (AvgIpc) is 2.98. The molecular weight excluding hydrogens is 372 g/mol. The number of amides is 1. The van der Waals surface area contributed by atoms with Gasteiger partial charge < -0.3 is 5.11 Å². The van der Waals surface area contributed by atoms with Crippen LogP contribution in [0, 0.1) is 0 Å². The van der Waals surface area contributed by atoms with Gasteiger partial charge in [0.2, 0.25) is 0 Å². The van der Waals surface area contributed by atoms with Gasteiger partial charge in [-0.25, -0.2) is 4.99 Å². The highest BCUT2D eigenvalue weighted by atomic mass is 32.2. The second-order valence-corrected chi connectivity index (χ2v) is 7.78. The molecule has 0 bridgehead atoms. The number of carboxylic acids is 1. The maximum atomic E-state index is 13.0. The number of aliphatic carboxylic acids is 1. The van der Waals surface area contributed by atoms with Crippen molar-refractivity contribution in [3.05, 3.63) is 71.4 Å². The van der Waals surface area contributed by atoms with Crippen molar-refractivity contribution in [2.75, 3.05) is 10.7 Å². The summed E-state index contributed by atoms with van der Waals surface area (Å²) in [5, 5.41) is 9.39. The normalized spacial score (nSPS) is 15.4. The van der Waals surface area contributed by atoms with E-state index in [1.54, 1.807) is 11.0 Å². The fourth-order valence-electron chi connectivity index (χ4n) is 2.76. The minimum absolute atomic E-state index is 0.0101. The van der Waals surface area contributed by atoms with Crippen LogP contribution >= 0.6 is 11.8 Å². The number of carboxylic acid groups (broad SMARTS) is 1. The van der Waals surface area contributed by atoms with E-state index in [1.807, 2.05) is 42.5 Å². The summed E-state index contributed by atoms with van der Waals surface area (Å²) in [4.78, 5) is 29.9. The fourth-order valence-corrected chi connectivity index (χ4v) is 3.70.